The molecule has 2 aromatic rings. The predicted octanol–water partition coefficient (Wildman–Crippen LogP) is 3.00. The minimum Gasteiger partial charge on any atom is -0.372 e. The normalized spacial score (nSPS) is 18.3. The summed E-state index contributed by atoms with van der Waals surface area (Å²) in [6.45, 7) is 0. The Morgan fingerprint density at radius 1 is 0.789 bits per heavy atom. The second-order valence-corrected chi connectivity index (χ2v) is 4.58. The number of dihydropyridines is 1. The molecule has 3 rings (SSSR count). The largest absolute Gasteiger partial charge is 0.372 e. The van der Waals surface area contributed by atoms with Gasteiger partial charge in [0.1, 0.15) is 6.17 Å². The van der Waals surface area contributed by atoms with Crippen molar-refractivity contribution < 1.29 is 0 Å². The van der Waals surface area contributed by atoms with E-state index in [9.17, 15) is 0 Å². The van der Waals surface area contributed by atoms with Gasteiger partial charge in [0.2, 0.25) is 0 Å². The highest BCUT2D eigenvalue weighted by molar-refractivity contribution is 5.87. The third-order valence-electron chi connectivity index (χ3n) is 3.28. The highest BCUT2D eigenvalue weighted by Crippen LogP contribution is 2.26. The van der Waals surface area contributed by atoms with E-state index in [0.29, 0.717) is 0 Å². The molecule has 3 N–H and O–H groups in total. The Labute approximate surface area is 113 Å². The van der Waals surface area contributed by atoms with Crippen molar-refractivity contribution in [2.45, 2.75) is 6.17 Å². The average Bonchev–Trinajstić information content (AvgIpc) is 2.49. The van der Waals surface area contributed by atoms with E-state index in [0.717, 1.165) is 16.7 Å². The van der Waals surface area contributed by atoms with E-state index in [2.05, 4.69) is 35.7 Å². The van der Waals surface area contributed by atoms with Gasteiger partial charge in [0.15, 0.2) is 0 Å². The van der Waals surface area contributed by atoms with Crippen molar-refractivity contribution in [3.8, 4) is 0 Å². The molecule has 1 unspecified atom stereocenters. The topological polar surface area (TPSA) is 38.0 Å². The van der Waals surface area contributed by atoms with Crippen LogP contribution in [0.25, 0.3) is 11.1 Å². The third-order valence-corrected chi connectivity index (χ3v) is 3.28. The van der Waals surface area contributed by atoms with E-state index in [1.807, 2.05) is 42.6 Å². The van der Waals surface area contributed by atoms with Gasteiger partial charge in [-0.25, -0.2) is 0 Å². The van der Waals surface area contributed by atoms with Gasteiger partial charge in [0.25, 0.3) is 0 Å². The molecule has 1 aliphatic rings. The number of nitrogens with one attached hydrogen (secondary N) is 1. The molecule has 1 aliphatic heterocycles. The molecule has 0 fully saturated rings. The second-order valence-electron chi connectivity index (χ2n) is 4.58. The maximum Gasteiger partial charge on any atom is 0.101 e. The summed E-state index contributed by atoms with van der Waals surface area (Å²) < 4.78 is 0. The average molecular weight is 248 g/mol. The lowest BCUT2D eigenvalue weighted by atomic mass is 9.95. The molecule has 0 aliphatic carbocycles. The van der Waals surface area contributed by atoms with Crippen molar-refractivity contribution in [1.82, 2.24) is 5.32 Å². The molecule has 2 nitrogen and oxygen atoms in total. The number of nitrogens with two attached hydrogens (primary N) is 1. The quantitative estimate of drug-likeness (QED) is 0.857. The third kappa shape index (κ3) is 2.44. The molecule has 0 bridgehead atoms. The number of benzene rings is 2. The van der Waals surface area contributed by atoms with Gasteiger partial charge in [-0.3, -0.25) is 0 Å². The zero-order valence-electron chi connectivity index (χ0n) is 10.6. The molecule has 0 radical (unpaired) electrons. The van der Waals surface area contributed by atoms with Gasteiger partial charge in [-0.15, -0.1) is 0 Å². The van der Waals surface area contributed by atoms with E-state index >= 15 is 0 Å². The SMILES string of the molecule is NC1NC=C(c2ccccc2)C=C1c1ccccc1. The van der Waals surface area contributed by atoms with E-state index < -0.39 is 0 Å². The van der Waals surface area contributed by atoms with Crippen molar-refractivity contribution in [3.63, 3.8) is 0 Å². The fraction of sp³-hybridized carbons (Fsp3) is 0.0588. The van der Waals surface area contributed by atoms with E-state index in [1.165, 1.54) is 5.56 Å². The maximum atomic E-state index is 6.13. The lowest BCUT2D eigenvalue weighted by Gasteiger charge is -2.22. The Hall–Kier alpha value is -2.32. The number of hydrogen-bond acceptors (Lipinski definition) is 2. The monoisotopic (exact) mass is 248 g/mol. The lowest BCUT2D eigenvalue weighted by molar-refractivity contribution is 0.747. The summed E-state index contributed by atoms with van der Waals surface area (Å²) in [6.07, 6.45) is 3.98. The minimum absolute atomic E-state index is 0.158. The fourth-order valence-electron chi connectivity index (χ4n) is 2.26. The van der Waals surface area contributed by atoms with Crippen LogP contribution in [-0.4, -0.2) is 6.17 Å². The zero-order valence-corrected chi connectivity index (χ0v) is 10.6. The molecule has 2 heteroatoms. The summed E-state index contributed by atoms with van der Waals surface area (Å²) in [5.41, 5.74) is 10.7. The van der Waals surface area contributed by atoms with Crippen LogP contribution >= 0.6 is 0 Å². The van der Waals surface area contributed by atoms with Crippen molar-refractivity contribution in [3.05, 3.63) is 84.1 Å². The Kier molecular flexibility index (Phi) is 3.17. The molecular weight excluding hydrogens is 232 g/mol. The Morgan fingerprint density at radius 3 is 2.00 bits per heavy atom. The lowest BCUT2D eigenvalue weighted by Crippen LogP contribution is -2.36. The molecule has 1 atom stereocenters. The fourth-order valence-corrected chi connectivity index (χ4v) is 2.26. The zero-order chi connectivity index (χ0) is 13.1. The van der Waals surface area contributed by atoms with Crippen LogP contribution in [0.4, 0.5) is 0 Å². The minimum atomic E-state index is -0.158. The van der Waals surface area contributed by atoms with Crippen LogP contribution in [0, 0.1) is 0 Å². The second kappa shape index (κ2) is 5.12. The van der Waals surface area contributed by atoms with Crippen LogP contribution in [-0.2, 0) is 0 Å². The van der Waals surface area contributed by atoms with Crippen LogP contribution < -0.4 is 11.1 Å². The number of rotatable bonds is 2. The van der Waals surface area contributed by atoms with Crippen molar-refractivity contribution in [1.29, 1.82) is 0 Å². The van der Waals surface area contributed by atoms with Gasteiger partial charge in [-0.05, 0) is 28.3 Å². The van der Waals surface area contributed by atoms with Gasteiger partial charge < -0.3 is 11.1 Å². The van der Waals surface area contributed by atoms with Crippen molar-refractivity contribution in [2.75, 3.05) is 0 Å². The molecule has 0 saturated heterocycles. The van der Waals surface area contributed by atoms with E-state index in [-0.39, 0.29) is 6.17 Å². The highest BCUT2D eigenvalue weighted by atomic mass is 15.0. The summed E-state index contributed by atoms with van der Waals surface area (Å²) in [7, 11) is 0. The molecule has 94 valence electrons. The molecule has 0 aromatic heterocycles. The first-order valence-electron chi connectivity index (χ1n) is 6.39. The highest BCUT2D eigenvalue weighted by Gasteiger charge is 2.15. The van der Waals surface area contributed by atoms with E-state index in [1.54, 1.807) is 0 Å². The number of hydrogen-bond donors (Lipinski definition) is 2. The summed E-state index contributed by atoms with van der Waals surface area (Å²) in [4.78, 5) is 0. The van der Waals surface area contributed by atoms with Crippen LogP contribution in [0.15, 0.2) is 72.9 Å². The molecule has 1 heterocycles. The van der Waals surface area contributed by atoms with Crippen LogP contribution in [0.3, 0.4) is 0 Å². The number of allylic oxidation sites excluding steroid dienone is 2. The summed E-state index contributed by atoms with van der Waals surface area (Å²) in [5, 5.41) is 3.23. The molecule has 0 spiro atoms. The first-order chi connectivity index (χ1) is 9.34. The van der Waals surface area contributed by atoms with Crippen LogP contribution in [0.1, 0.15) is 11.1 Å². The summed E-state index contributed by atoms with van der Waals surface area (Å²) in [6, 6.07) is 20.6. The summed E-state index contributed by atoms with van der Waals surface area (Å²) >= 11 is 0. The van der Waals surface area contributed by atoms with Gasteiger partial charge in [0, 0.05) is 6.20 Å². The van der Waals surface area contributed by atoms with Gasteiger partial charge in [0.05, 0.1) is 0 Å². The first kappa shape index (κ1) is 11.8. The first-order valence-corrected chi connectivity index (χ1v) is 6.39. The smallest absolute Gasteiger partial charge is 0.101 e. The predicted molar refractivity (Wildman–Crippen MR) is 79.9 cm³/mol. The standard InChI is InChI=1S/C17H16N2/c18-17-16(14-9-5-2-6-10-14)11-15(12-19-17)13-7-3-1-4-8-13/h1-12,17,19H,18H2. The van der Waals surface area contributed by atoms with Crippen molar-refractivity contribution in [2.24, 2.45) is 5.73 Å². The molecule has 19 heavy (non-hydrogen) atoms. The van der Waals surface area contributed by atoms with Gasteiger partial charge in [-0.1, -0.05) is 60.7 Å². The van der Waals surface area contributed by atoms with Crippen LogP contribution in [0.5, 0.6) is 0 Å². The molecule has 2 aromatic carbocycles. The Bertz CT molecular complexity index is 612. The van der Waals surface area contributed by atoms with Crippen molar-refractivity contribution >= 4 is 11.1 Å². The van der Waals surface area contributed by atoms with E-state index in [4.69, 9.17) is 5.73 Å². The molecular formula is C17H16N2. The molecule has 0 saturated carbocycles. The Balaban J connectivity index is 2.00. The molecule has 0 amide bonds. The Morgan fingerprint density at radius 2 is 1.37 bits per heavy atom. The van der Waals surface area contributed by atoms with Crippen LogP contribution in [0.2, 0.25) is 0 Å². The maximum absolute atomic E-state index is 6.13. The summed E-state index contributed by atoms with van der Waals surface area (Å²) in [5.74, 6) is 0. The van der Waals surface area contributed by atoms with Gasteiger partial charge in [-0.2, -0.15) is 0 Å². The van der Waals surface area contributed by atoms with Gasteiger partial charge >= 0.3 is 0 Å².